The molecule has 2 aromatic carbocycles. The lowest BCUT2D eigenvalue weighted by molar-refractivity contribution is 0.174. The molecule has 0 heterocycles. The van der Waals surface area contributed by atoms with E-state index in [0.29, 0.717) is 0 Å². The molecule has 0 aliphatic rings. The van der Waals surface area contributed by atoms with Crippen molar-refractivity contribution in [2.75, 3.05) is 7.05 Å². The first-order chi connectivity index (χ1) is 9.61. The van der Waals surface area contributed by atoms with Gasteiger partial charge in [-0.2, -0.15) is 0 Å². The van der Waals surface area contributed by atoms with Crippen LogP contribution in [0.25, 0.3) is 0 Å². The quantitative estimate of drug-likeness (QED) is 0.884. The van der Waals surface area contributed by atoms with Crippen molar-refractivity contribution in [2.45, 2.75) is 32.9 Å². The first-order valence-corrected chi connectivity index (χ1v) is 7.08. The van der Waals surface area contributed by atoms with Crippen LogP contribution in [-0.4, -0.2) is 13.2 Å². The Morgan fingerprint density at radius 1 is 1.00 bits per heavy atom. The van der Waals surface area contributed by atoms with Gasteiger partial charge in [-0.3, -0.25) is 0 Å². The fraction of sp³-hybridized carbons (Fsp3) is 0.333. The smallest absolute Gasteiger partial charge is 0.122 e. The highest BCUT2D eigenvalue weighted by atomic mass is 16.5. The van der Waals surface area contributed by atoms with E-state index in [1.54, 1.807) is 0 Å². The largest absolute Gasteiger partial charge is 0.488 e. The Kier molecular flexibility index (Phi) is 4.80. The molecule has 2 nitrogen and oxygen atoms in total. The van der Waals surface area contributed by atoms with E-state index < -0.39 is 0 Å². The number of benzene rings is 2. The molecule has 2 heteroatoms. The van der Waals surface area contributed by atoms with Crippen LogP contribution in [0.2, 0.25) is 0 Å². The molecule has 0 radical (unpaired) electrons. The van der Waals surface area contributed by atoms with E-state index in [2.05, 4.69) is 68.6 Å². The predicted octanol–water partition coefficient (Wildman–Crippen LogP) is 4.03. The molecular formula is C18H23NO. The van der Waals surface area contributed by atoms with E-state index in [-0.39, 0.29) is 12.1 Å². The van der Waals surface area contributed by atoms with Gasteiger partial charge in [-0.05, 0) is 50.6 Å². The predicted molar refractivity (Wildman–Crippen MR) is 84.2 cm³/mol. The van der Waals surface area contributed by atoms with Gasteiger partial charge in [0.2, 0.25) is 0 Å². The fourth-order valence-electron chi connectivity index (χ4n) is 2.44. The molecule has 0 aliphatic heterocycles. The topological polar surface area (TPSA) is 21.3 Å². The van der Waals surface area contributed by atoms with Crippen LogP contribution in [0.3, 0.4) is 0 Å². The average Bonchev–Trinajstić information content (AvgIpc) is 2.45. The Labute approximate surface area is 121 Å². The first-order valence-electron chi connectivity index (χ1n) is 7.08. The summed E-state index contributed by atoms with van der Waals surface area (Å²) in [6, 6.07) is 16.9. The van der Waals surface area contributed by atoms with Crippen LogP contribution in [0.1, 0.15) is 29.7 Å². The third-order valence-corrected chi connectivity index (χ3v) is 3.60. The average molecular weight is 269 g/mol. The number of nitrogens with one attached hydrogen (secondary N) is 1. The maximum atomic E-state index is 6.17. The number of aryl methyl sites for hydroxylation is 2. The van der Waals surface area contributed by atoms with Crippen molar-refractivity contribution in [1.29, 1.82) is 0 Å². The molecule has 0 saturated heterocycles. The van der Waals surface area contributed by atoms with Crippen molar-refractivity contribution >= 4 is 0 Å². The molecular weight excluding hydrogens is 246 g/mol. The Balaban J connectivity index is 2.17. The van der Waals surface area contributed by atoms with E-state index in [1.165, 1.54) is 16.7 Å². The van der Waals surface area contributed by atoms with Gasteiger partial charge in [-0.15, -0.1) is 0 Å². The molecule has 2 aromatic rings. The van der Waals surface area contributed by atoms with E-state index in [4.69, 9.17) is 4.74 Å². The molecule has 2 rings (SSSR count). The molecule has 20 heavy (non-hydrogen) atoms. The Morgan fingerprint density at radius 3 is 2.35 bits per heavy atom. The lowest BCUT2D eigenvalue weighted by atomic mass is 10.0. The van der Waals surface area contributed by atoms with Gasteiger partial charge in [-0.25, -0.2) is 0 Å². The molecule has 0 spiro atoms. The first kappa shape index (κ1) is 14.6. The SMILES string of the molecule is CNC(c1ccccc1)C(C)Oc1cc(C)ccc1C. The Hall–Kier alpha value is -1.80. The van der Waals surface area contributed by atoms with Crippen LogP contribution >= 0.6 is 0 Å². The summed E-state index contributed by atoms with van der Waals surface area (Å²) in [5.74, 6) is 0.966. The van der Waals surface area contributed by atoms with Gasteiger partial charge in [0.15, 0.2) is 0 Å². The number of hydrogen-bond donors (Lipinski definition) is 1. The van der Waals surface area contributed by atoms with Crippen molar-refractivity contribution in [3.8, 4) is 5.75 Å². The minimum atomic E-state index is 0.0582. The van der Waals surface area contributed by atoms with E-state index in [0.717, 1.165) is 5.75 Å². The van der Waals surface area contributed by atoms with Crippen LogP contribution in [0.4, 0.5) is 0 Å². The van der Waals surface area contributed by atoms with Gasteiger partial charge < -0.3 is 10.1 Å². The Bertz CT molecular complexity index is 551. The molecule has 2 unspecified atom stereocenters. The summed E-state index contributed by atoms with van der Waals surface area (Å²) in [6.07, 6.45) is 0.0582. The summed E-state index contributed by atoms with van der Waals surface area (Å²) in [5.41, 5.74) is 3.64. The number of ether oxygens (including phenoxy) is 1. The van der Waals surface area contributed by atoms with Crippen molar-refractivity contribution in [3.05, 3.63) is 65.2 Å². The summed E-state index contributed by atoms with van der Waals surface area (Å²) >= 11 is 0. The Morgan fingerprint density at radius 2 is 1.70 bits per heavy atom. The summed E-state index contributed by atoms with van der Waals surface area (Å²) in [7, 11) is 1.97. The number of likely N-dealkylation sites (N-methyl/N-ethyl adjacent to an activating group) is 1. The van der Waals surface area contributed by atoms with Crippen molar-refractivity contribution in [1.82, 2.24) is 5.32 Å². The molecule has 0 bridgehead atoms. The second kappa shape index (κ2) is 6.58. The molecule has 0 saturated carbocycles. The monoisotopic (exact) mass is 269 g/mol. The van der Waals surface area contributed by atoms with E-state index in [9.17, 15) is 0 Å². The lowest BCUT2D eigenvalue weighted by Crippen LogP contribution is -2.31. The molecule has 0 amide bonds. The van der Waals surface area contributed by atoms with E-state index in [1.807, 2.05) is 13.1 Å². The lowest BCUT2D eigenvalue weighted by Gasteiger charge is -2.26. The molecule has 2 atom stereocenters. The van der Waals surface area contributed by atoms with Gasteiger partial charge in [0.05, 0.1) is 6.04 Å². The van der Waals surface area contributed by atoms with Crippen LogP contribution in [-0.2, 0) is 0 Å². The van der Waals surface area contributed by atoms with Gasteiger partial charge in [0.1, 0.15) is 11.9 Å². The van der Waals surface area contributed by atoms with Gasteiger partial charge in [0, 0.05) is 0 Å². The van der Waals surface area contributed by atoms with Gasteiger partial charge in [0.25, 0.3) is 0 Å². The number of hydrogen-bond acceptors (Lipinski definition) is 2. The van der Waals surface area contributed by atoms with E-state index >= 15 is 0 Å². The normalized spacial score (nSPS) is 13.8. The zero-order chi connectivity index (χ0) is 14.5. The highest BCUT2D eigenvalue weighted by molar-refractivity contribution is 5.36. The maximum absolute atomic E-state index is 6.17. The molecule has 106 valence electrons. The summed E-state index contributed by atoms with van der Waals surface area (Å²) < 4.78 is 6.17. The van der Waals surface area contributed by atoms with Crippen molar-refractivity contribution in [3.63, 3.8) is 0 Å². The number of rotatable bonds is 5. The second-order valence-electron chi connectivity index (χ2n) is 5.27. The minimum absolute atomic E-state index is 0.0582. The van der Waals surface area contributed by atoms with Crippen LogP contribution in [0.15, 0.2) is 48.5 Å². The molecule has 0 fully saturated rings. The third-order valence-electron chi connectivity index (χ3n) is 3.60. The standard InChI is InChI=1S/C18H23NO/c1-13-10-11-14(2)17(12-13)20-15(3)18(19-4)16-8-6-5-7-9-16/h5-12,15,18-19H,1-4H3. The second-order valence-corrected chi connectivity index (χ2v) is 5.27. The van der Waals surface area contributed by atoms with Crippen molar-refractivity contribution < 1.29 is 4.74 Å². The zero-order valence-electron chi connectivity index (χ0n) is 12.7. The van der Waals surface area contributed by atoms with Crippen molar-refractivity contribution in [2.24, 2.45) is 0 Å². The van der Waals surface area contributed by atoms with Crippen LogP contribution in [0, 0.1) is 13.8 Å². The molecule has 0 aromatic heterocycles. The highest BCUT2D eigenvalue weighted by Gasteiger charge is 2.19. The van der Waals surface area contributed by atoms with Gasteiger partial charge >= 0.3 is 0 Å². The summed E-state index contributed by atoms with van der Waals surface area (Å²) in [4.78, 5) is 0. The van der Waals surface area contributed by atoms with Crippen LogP contribution in [0.5, 0.6) is 5.75 Å². The fourth-order valence-corrected chi connectivity index (χ4v) is 2.44. The summed E-state index contributed by atoms with van der Waals surface area (Å²) in [5, 5.41) is 3.35. The minimum Gasteiger partial charge on any atom is -0.488 e. The summed E-state index contributed by atoms with van der Waals surface area (Å²) in [6.45, 7) is 6.28. The molecule has 1 N–H and O–H groups in total. The highest BCUT2D eigenvalue weighted by Crippen LogP contribution is 2.25. The van der Waals surface area contributed by atoms with Gasteiger partial charge in [-0.1, -0.05) is 42.5 Å². The third kappa shape index (κ3) is 3.40. The maximum Gasteiger partial charge on any atom is 0.122 e. The van der Waals surface area contributed by atoms with Crippen LogP contribution < -0.4 is 10.1 Å². The molecule has 0 aliphatic carbocycles. The zero-order valence-corrected chi connectivity index (χ0v) is 12.7.